The van der Waals surface area contributed by atoms with Crippen molar-refractivity contribution in [2.45, 2.75) is 74.7 Å². The molecule has 2 aromatic heterocycles. The maximum Gasteiger partial charge on any atom is 0.416 e. The fourth-order valence-corrected chi connectivity index (χ4v) is 6.63. The summed E-state index contributed by atoms with van der Waals surface area (Å²) in [5.41, 5.74) is 5.99. The molecule has 0 spiro atoms. The summed E-state index contributed by atoms with van der Waals surface area (Å²) in [4.78, 5) is 15.2. The van der Waals surface area contributed by atoms with Crippen LogP contribution in [0.4, 0.5) is 19.0 Å². The van der Waals surface area contributed by atoms with Gasteiger partial charge in [-0.05, 0) is 50.8 Å². The van der Waals surface area contributed by atoms with Gasteiger partial charge in [0.15, 0.2) is 0 Å². The van der Waals surface area contributed by atoms with E-state index in [0.717, 1.165) is 43.0 Å². The number of nitrogens with one attached hydrogen (secondary N) is 1. The first-order chi connectivity index (χ1) is 18.6. The zero-order valence-corrected chi connectivity index (χ0v) is 21.7. The van der Waals surface area contributed by atoms with Crippen molar-refractivity contribution in [1.82, 2.24) is 24.8 Å². The number of hydrogen-bond acceptors (Lipinski definition) is 8. The summed E-state index contributed by atoms with van der Waals surface area (Å²) in [5, 5.41) is 25.6. The van der Waals surface area contributed by atoms with E-state index in [4.69, 9.17) is 5.73 Å². The molecular weight excluding hydrogens is 511 g/mol. The molecule has 0 radical (unpaired) electrons. The number of aromatic nitrogens is 3. The Balaban J connectivity index is 0.977. The summed E-state index contributed by atoms with van der Waals surface area (Å²) in [6.07, 6.45) is 5.42. The molecule has 5 N–H and O–H groups in total. The minimum atomic E-state index is -4.34. The molecule has 9 nitrogen and oxygen atoms in total. The molecule has 39 heavy (non-hydrogen) atoms. The Hall–Kier alpha value is -2.96. The summed E-state index contributed by atoms with van der Waals surface area (Å²) in [6.45, 7) is 0.681. The average Bonchev–Trinajstić information content (AvgIpc) is 3.54. The number of nitrogens with two attached hydrogens (primary N) is 1. The zero-order chi connectivity index (χ0) is 27.5. The van der Waals surface area contributed by atoms with Gasteiger partial charge in [-0.3, -0.25) is 4.99 Å². The van der Waals surface area contributed by atoms with Crippen molar-refractivity contribution in [2.24, 2.45) is 16.8 Å². The molecule has 6 atom stereocenters. The molecule has 1 aliphatic heterocycles. The van der Waals surface area contributed by atoms with Crippen LogP contribution in [0, 0.1) is 11.8 Å². The van der Waals surface area contributed by atoms with E-state index in [2.05, 4.69) is 32.2 Å². The number of anilines is 1. The maximum atomic E-state index is 13.0. The standard InChI is InChI=1S/C27H34F3N7O2/c1-36(12-15-10-21(24(39)23(15)38)37-7-6-18-25(31)32-13-33-26(18)37)17-8-14(9-17)2-5-22-34-19-4-3-16(27(28,29)30)11-20(19)35-22/h3-4,6-7,11,13-15,17,19-21,23-24,38-39H,2,5,8-10,12H2,1H3,(H,34,35)(H2,31,32,33)/t14?,15-,17?,19?,20?,21-,23-,24+/m1/s1. The third kappa shape index (κ3) is 4.93. The second kappa shape index (κ2) is 9.90. The lowest BCUT2D eigenvalue weighted by molar-refractivity contribution is -0.0887. The van der Waals surface area contributed by atoms with Crippen LogP contribution in [0.15, 0.2) is 47.4 Å². The monoisotopic (exact) mass is 545 g/mol. The first kappa shape index (κ1) is 26.3. The maximum absolute atomic E-state index is 13.0. The van der Waals surface area contributed by atoms with Crippen LogP contribution in [0.2, 0.25) is 0 Å². The summed E-state index contributed by atoms with van der Waals surface area (Å²) < 4.78 is 40.9. The molecule has 6 rings (SSSR count). The highest BCUT2D eigenvalue weighted by Gasteiger charge is 2.44. The number of nitrogens with zero attached hydrogens (tertiary/aromatic N) is 5. The molecule has 2 unspecified atom stereocenters. The van der Waals surface area contributed by atoms with Gasteiger partial charge in [-0.15, -0.1) is 0 Å². The Morgan fingerprint density at radius 1 is 1.18 bits per heavy atom. The third-order valence-electron chi connectivity index (χ3n) is 8.98. The van der Waals surface area contributed by atoms with Gasteiger partial charge >= 0.3 is 6.18 Å². The molecule has 4 aliphatic rings. The average molecular weight is 546 g/mol. The smallest absolute Gasteiger partial charge is 0.390 e. The summed E-state index contributed by atoms with van der Waals surface area (Å²) in [5.74, 6) is 1.63. The van der Waals surface area contributed by atoms with Crippen LogP contribution in [0.1, 0.15) is 38.1 Å². The molecule has 12 heteroatoms. The van der Waals surface area contributed by atoms with Crippen molar-refractivity contribution in [3.05, 3.63) is 42.4 Å². The predicted octanol–water partition coefficient (Wildman–Crippen LogP) is 2.58. The molecule has 0 aromatic carbocycles. The van der Waals surface area contributed by atoms with Gasteiger partial charge < -0.3 is 30.7 Å². The molecule has 3 heterocycles. The van der Waals surface area contributed by atoms with Gasteiger partial charge in [0.25, 0.3) is 0 Å². The second-order valence-electron chi connectivity index (χ2n) is 11.4. The number of alkyl halides is 3. The molecular formula is C27H34F3N7O2. The van der Waals surface area contributed by atoms with Crippen LogP contribution in [0.3, 0.4) is 0 Å². The van der Waals surface area contributed by atoms with Gasteiger partial charge in [0.1, 0.15) is 23.9 Å². The molecule has 3 aliphatic carbocycles. The van der Waals surface area contributed by atoms with Crippen molar-refractivity contribution in [3.63, 3.8) is 0 Å². The van der Waals surface area contributed by atoms with E-state index in [9.17, 15) is 23.4 Å². The summed E-state index contributed by atoms with van der Waals surface area (Å²) in [7, 11) is 2.07. The number of hydrogen-bond donors (Lipinski definition) is 4. The predicted molar refractivity (Wildman–Crippen MR) is 141 cm³/mol. The summed E-state index contributed by atoms with van der Waals surface area (Å²) in [6, 6.07) is 1.26. The normalized spacial score (nSPS) is 34.1. The fraction of sp³-hybridized carbons (Fsp3) is 0.593. The minimum Gasteiger partial charge on any atom is -0.390 e. The van der Waals surface area contributed by atoms with Crippen LogP contribution in [-0.2, 0) is 0 Å². The van der Waals surface area contributed by atoms with Crippen molar-refractivity contribution >= 4 is 22.7 Å². The van der Waals surface area contributed by atoms with E-state index in [1.54, 1.807) is 0 Å². The number of halogens is 3. The molecule has 2 fully saturated rings. The van der Waals surface area contributed by atoms with Crippen LogP contribution >= 0.6 is 0 Å². The van der Waals surface area contributed by atoms with E-state index in [0.29, 0.717) is 36.4 Å². The van der Waals surface area contributed by atoms with Gasteiger partial charge in [-0.1, -0.05) is 12.2 Å². The molecule has 0 amide bonds. The largest absolute Gasteiger partial charge is 0.416 e. The number of amidine groups is 1. The van der Waals surface area contributed by atoms with Gasteiger partial charge in [0.05, 0.1) is 41.0 Å². The SMILES string of the molecule is CN(C[C@H]1C[C@@H](n2ccc3c(N)ncnc32)[C@H](O)[C@@H]1O)C1CC(CCC2=NC3C=CC(C(F)(F)F)=CC3N2)C1. The second-order valence-corrected chi connectivity index (χ2v) is 11.4. The highest BCUT2D eigenvalue weighted by atomic mass is 19.4. The topological polar surface area (TPSA) is 125 Å². The van der Waals surface area contributed by atoms with Crippen molar-refractivity contribution in [2.75, 3.05) is 19.3 Å². The van der Waals surface area contributed by atoms with E-state index in [-0.39, 0.29) is 18.0 Å². The van der Waals surface area contributed by atoms with E-state index in [1.807, 2.05) is 16.8 Å². The van der Waals surface area contributed by atoms with Crippen molar-refractivity contribution < 1.29 is 23.4 Å². The Labute approximate surface area is 224 Å². The molecule has 0 bridgehead atoms. The lowest BCUT2D eigenvalue weighted by Crippen LogP contribution is -2.46. The van der Waals surface area contributed by atoms with Crippen LogP contribution in [0.25, 0.3) is 11.0 Å². The number of fused-ring (bicyclic) bond motifs is 2. The lowest BCUT2D eigenvalue weighted by atomic mass is 9.76. The lowest BCUT2D eigenvalue weighted by Gasteiger charge is -2.42. The van der Waals surface area contributed by atoms with Crippen LogP contribution in [-0.4, -0.2) is 85.6 Å². The molecule has 2 aromatic rings. The fourth-order valence-electron chi connectivity index (χ4n) is 6.63. The highest BCUT2D eigenvalue weighted by Crippen LogP contribution is 2.40. The number of nitrogen functional groups attached to an aromatic ring is 1. The molecule has 210 valence electrons. The Morgan fingerprint density at radius 3 is 2.74 bits per heavy atom. The summed E-state index contributed by atoms with van der Waals surface area (Å²) >= 11 is 0. The van der Waals surface area contributed by atoms with Gasteiger partial charge in [0.2, 0.25) is 0 Å². The van der Waals surface area contributed by atoms with Crippen molar-refractivity contribution in [3.8, 4) is 0 Å². The van der Waals surface area contributed by atoms with E-state index >= 15 is 0 Å². The first-order valence-electron chi connectivity index (χ1n) is 13.5. The number of allylic oxidation sites excluding steroid dienone is 2. The first-order valence-corrected chi connectivity index (χ1v) is 13.5. The Morgan fingerprint density at radius 2 is 1.97 bits per heavy atom. The molecule has 0 saturated heterocycles. The van der Waals surface area contributed by atoms with Crippen molar-refractivity contribution in [1.29, 1.82) is 0 Å². The van der Waals surface area contributed by atoms with E-state index < -0.39 is 30.0 Å². The van der Waals surface area contributed by atoms with Gasteiger partial charge in [-0.2, -0.15) is 13.2 Å². The number of aliphatic imine (C=N–C) groups is 1. The highest BCUT2D eigenvalue weighted by molar-refractivity contribution is 5.86. The van der Waals surface area contributed by atoms with Crippen LogP contribution < -0.4 is 11.1 Å². The zero-order valence-electron chi connectivity index (χ0n) is 21.7. The molecule has 2 saturated carbocycles. The number of aliphatic hydroxyl groups excluding tert-OH is 2. The quantitative estimate of drug-likeness (QED) is 0.422. The minimum absolute atomic E-state index is 0.0752. The van der Waals surface area contributed by atoms with Crippen LogP contribution in [0.5, 0.6) is 0 Å². The van der Waals surface area contributed by atoms with E-state index in [1.165, 1.54) is 18.5 Å². The Kier molecular flexibility index (Phi) is 6.67. The van der Waals surface area contributed by atoms with Gasteiger partial charge in [-0.25, -0.2) is 9.97 Å². The number of rotatable bonds is 7. The van der Waals surface area contributed by atoms with Gasteiger partial charge in [0, 0.05) is 31.1 Å². The third-order valence-corrected chi connectivity index (χ3v) is 8.98. The Bertz CT molecular complexity index is 1320. The number of aliphatic hydroxyl groups is 2.